The van der Waals surface area contributed by atoms with Crippen molar-refractivity contribution in [2.45, 2.75) is 13.8 Å². The highest BCUT2D eigenvalue weighted by atomic mass is 16.5. The number of carbonyl (C=O) groups excluding carboxylic acids is 1. The summed E-state index contributed by atoms with van der Waals surface area (Å²) in [5.41, 5.74) is 1.77. The Morgan fingerprint density at radius 1 is 1.30 bits per heavy atom. The van der Waals surface area contributed by atoms with Crippen LogP contribution >= 0.6 is 0 Å². The molecular formula is C16H16N4O3. The highest BCUT2D eigenvalue weighted by molar-refractivity contribution is 5.90. The fourth-order valence-electron chi connectivity index (χ4n) is 2.04. The van der Waals surface area contributed by atoms with Crippen LogP contribution in [-0.2, 0) is 4.79 Å². The van der Waals surface area contributed by atoms with Crippen LogP contribution in [0.5, 0.6) is 5.88 Å². The van der Waals surface area contributed by atoms with E-state index in [1.54, 1.807) is 17.7 Å². The number of para-hydroxylation sites is 1. The SMILES string of the molecule is Cc1cc(NC(=O)COc2nn(-c3ccccc3)cc2C)no1. The van der Waals surface area contributed by atoms with Crippen molar-refractivity contribution in [3.8, 4) is 11.6 Å². The molecule has 3 rings (SSSR count). The van der Waals surface area contributed by atoms with Gasteiger partial charge in [-0.05, 0) is 26.0 Å². The third-order valence-corrected chi connectivity index (χ3v) is 3.11. The van der Waals surface area contributed by atoms with Crippen LogP contribution in [0.25, 0.3) is 5.69 Å². The summed E-state index contributed by atoms with van der Waals surface area (Å²) in [6.45, 7) is 3.47. The van der Waals surface area contributed by atoms with Crippen molar-refractivity contribution in [3.05, 3.63) is 53.9 Å². The van der Waals surface area contributed by atoms with E-state index in [0.29, 0.717) is 17.5 Å². The van der Waals surface area contributed by atoms with Crippen LogP contribution in [-0.4, -0.2) is 27.5 Å². The van der Waals surface area contributed by atoms with Gasteiger partial charge in [-0.3, -0.25) is 4.79 Å². The predicted octanol–water partition coefficient (Wildman–Crippen LogP) is 2.49. The Morgan fingerprint density at radius 2 is 2.09 bits per heavy atom. The lowest BCUT2D eigenvalue weighted by molar-refractivity contribution is -0.118. The maximum Gasteiger partial charge on any atom is 0.263 e. The number of aromatic nitrogens is 3. The summed E-state index contributed by atoms with van der Waals surface area (Å²) in [5, 5.41) is 10.6. The molecule has 0 spiro atoms. The number of ether oxygens (including phenoxy) is 1. The van der Waals surface area contributed by atoms with Gasteiger partial charge in [-0.25, -0.2) is 4.68 Å². The Labute approximate surface area is 132 Å². The van der Waals surface area contributed by atoms with Crippen molar-refractivity contribution in [2.24, 2.45) is 0 Å². The van der Waals surface area contributed by atoms with E-state index in [-0.39, 0.29) is 12.5 Å². The molecule has 0 saturated carbocycles. The minimum Gasteiger partial charge on any atom is -0.466 e. The minimum absolute atomic E-state index is 0.154. The smallest absolute Gasteiger partial charge is 0.263 e. The maximum atomic E-state index is 11.8. The Bertz CT molecular complexity index is 808. The molecule has 0 fully saturated rings. The average Bonchev–Trinajstić information content (AvgIpc) is 3.12. The molecular weight excluding hydrogens is 296 g/mol. The Morgan fingerprint density at radius 3 is 2.78 bits per heavy atom. The molecule has 7 heteroatoms. The summed E-state index contributed by atoms with van der Waals surface area (Å²) in [6.07, 6.45) is 1.85. The summed E-state index contributed by atoms with van der Waals surface area (Å²) in [4.78, 5) is 11.8. The van der Waals surface area contributed by atoms with Gasteiger partial charge >= 0.3 is 0 Å². The number of rotatable bonds is 5. The largest absolute Gasteiger partial charge is 0.466 e. The lowest BCUT2D eigenvalue weighted by Gasteiger charge is -2.03. The van der Waals surface area contributed by atoms with Crippen LogP contribution in [0, 0.1) is 13.8 Å². The predicted molar refractivity (Wildman–Crippen MR) is 83.7 cm³/mol. The lowest BCUT2D eigenvalue weighted by Crippen LogP contribution is -2.20. The van der Waals surface area contributed by atoms with Crippen LogP contribution in [0.4, 0.5) is 5.82 Å². The van der Waals surface area contributed by atoms with E-state index in [0.717, 1.165) is 11.3 Å². The third kappa shape index (κ3) is 3.57. The van der Waals surface area contributed by atoms with Crippen LogP contribution in [0.15, 0.2) is 47.1 Å². The molecule has 3 aromatic rings. The van der Waals surface area contributed by atoms with Gasteiger partial charge < -0.3 is 14.6 Å². The molecule has 0 radical (unpaired) electrons. The Balaban J connectivity index is 1.62. The van der Waals surface area contributed by atoms with Crippen molar-refractivity contribution >= 4 is 11.7 Å². The highest BCUT2D eigenvalue weighted by Crippen LogP contribution is 2.17. The first-order valence-corrected chi connectivity index (χ1v) is 7.09. The Hall–Kier alpha value is -3.09. The normalized spacial score (nSPS) is 10.5. The second-order valence-electron chi connectivity index (χ2n) is 5.06. The summed E-state index contributed by atoms with van der Waals surface area (Å²) in [7, 11) is 0. The van der Waals surface area contributed by atoms with Gasteiger partial charge in [-0.15, -0.1) is 5.10 Å². The molecule has 0 atom stereocenters. The van der Waals surface area contributed by atoms with Gasteiger partial charge in [0.2, 0.25) is 5.88 Å². The van der Waals surface area contributed by atoms with Gasteiger partial charge in [0.15, 0.2) is 12.4 Å². The average molecular weight is 312 g/mol. The van der Waals surface area contributed by atoms with Gasteiger partial charge in [-0.2, -0.15) is 0 Å². The topological polar surface area (TPSA) is 82.2 Å². The molecule has 1 N–H and O–H groups in total. The summed E-state index contributed by atoms with van der Waals surface area (Å²) < 4.78 is 12.1. The van der Waals surface area contributed by atoms with E-state index in [1.807, 2.05) is 43.5 Å². The third-order valence-electron chi connectivity index (χ3n) is 3.11. The van der Waals surface area contributed by atoms with Gasteiger partial charge in [0.1, 0.15) is 5.76 Å². The van der Waals surface area contributed by atoms with E-state index < -0.39 is 0 Å². The van der Waals surface area contributed by atoms with E-state index >= 15 is 0 Å². The first-order valence-electron chi connectivity index (χ1n) is 7.09. The molecule has 0 aliphatic rings. The Kier molecular flexibility index (Phi) is 4.09. The standard InChI is InChI=1S/C16H16N4O3/c1-11-9-20(13-6-4-3-5-7-13)18-16(11)22-10-15(21)17-14-8-12(2)23-19-14/h3-9H,10H2,1-2H3,(H,17,19,21). The molecule has 118 valence electrons. The zero-order chi connectivity index (χ0) is 16.2. The van der Waals surface area contributed by atoms with Crippen LogP contribution in [0.1, 0.15) is 11.3 Å². The number of carbonyl (C=O) groups is 1. The molecule has 7 nitrogen and oxygen atoms in total. The van der Waals surface area contributed by atoms with E-state index in [2.05, 4.69) is 15.6 Å². The van der Waals surface area contributed by atoms with E-state index in [4.69, 9.17) is 9.26 Å². The number of nitrogens with zero attached hydrogens (tertiary/aromatic N) is 3. The fraction of sp³-hybridized carbons (Fsp3) is 0.188. The number of hydrogen-bond acceptors (Lipinski definition) is 5. The molecule has 0 bridgehead atoms. The number of anilines is 1. The molecule has 0 saturated heterocycles. The maximum absolute atomic E-state index is 11.8. The molecule has 23 heavy (non-hydrogen) atoms. The lowest BCUT2D eigenvalue weighted by atomic mass is 10.3. The quantitative estimate of drug-likeness (QED) is 0.782. The zero-order valence-electron chi connectivity index (χ0n) is 12.8. The van der Waals surface area contributed by atoms with Crippen molar-refractivity contribution in [2.75, 3.05) is 11.9 Å². The number of benzene rings is 1. The van der Waals surface area contributed by atoms with E-state index in [9.17, 15) is 4.79 Å². The monoisotopic (exact) mass is 312 g/mol. The van der Waals surface area contributed by atoms with Crippen molar-refractivity contribution in [3.63, 3.8) is 0 Å². The number of hydrogen-bond donors (Lipinski definition) is 1. The van der Waals surface area contributed by atoms with Crippen molar-refractivity contribution < 1.29 is 14.1 Å². The van der Waals surface area contributed by atoms with Crippen LogP contribution < -0.4 is 10.1 Å². The van der Waals surface area contributed by atoms with Gasteiger partial charge in [0, 0.05) is 17.8 Å². The van der Waals surface area contributed by atoms with Crippen LogP contribution in [0.3, 0.4) is 0 Å². The number of aryl methyl sites for hydroxylation is 2. The molecule has 2 heterocycles. The summed E-state index contributed by atoms with van der Waals surface area (Å²) >= 11 is 0. The minimum atomic E-state index is -0.327. The highest BCUT2D eigenvalue weighted by Gasteiger charge is 2.11. The molecule has 1 aromatic carbocycles. The number of nitrogens with one attached hydrogen (secondary N) is 1. The van der Waals surface area contributed by atoms with Crippen molar-refractivity contribution in [1.82, 2.24) is 14.9 Å². The van der Waals surface area contributed by atoms with Crippen LogP contribution in [0.2, 0.25) is 0 Å². The molecule has 1 amide bonds. The van der Waals surface area contributed by atoms with Crippen molar-refractivity contribution in [1.29, 1.82) is 0 Å². The van der Waals surface area contributed by atoms with Gasteiger partial charge in [-0.1, -0.05) is 23.4 Å². The number of amides is 1. The fourth-order valence-corrected chi connectivity index (χ4v) is 2.04. The summed E-state index contributed by atoms with van der Waals surface area (Å²) in [6, 6.07) is 11.3. The molecule has 0 unspecified atom stereocenters. The zero-order valence-corrected chi connectivity index (χ0v) is 12.8. The van der Waals surface area contributed by atoms with Gasteiger partial charge in [0.05, 0.1) is 5.69 Å². The first kappa shape index (κ1) is 14.8. The second kappa shape index (κ2) is 6.35. The van der Waals surface area contributed by atoms with E-state index in [1.165, 1.54) is 0 Å². The molecule has 0 aliphatic carbocycles. The second-order valence-corrected chi connectivity index (χ2v) is 5.06. The molecule has 0 aliphatic heterocycles. The molecule has 2 aromatic heterocycles. The first-order chi connectivity index (χ1) is 11.1. The van der Waals surface area contributed by atoms with Gasteiger partial charge in [0.25, 0.3) is 5.91 Å². The summed E-state index contributed by atoms with van der Waals surface area (Å²) in [5.74, 6) is 1.08.